The van der Waals surface area contributed by atoms with Crippen molar-refractivity contribution in [2.45, 2.75) is 20.8 Å². The van der Waals surface area contributed by atoms with Gasteiger partial charge in [-0.1, -0.05) is 32.9 Å². The van der Waals surface area contributed by atoms with Gasteiger partial charge in [-0.3, -0.25) is 14.9 Å². The van der Waals surface area contributed by atoms with Crippen LogP contribution >= 0.6 is 0 Å². The van der Waals surface area contributed by atoms with Crippen molar-refractivity contribution in [3.05, 3.63) is 73.6 Å². The molecule has 0 atom stereocenters. The summed E-state index contributed by atoms with van der Waals surface area (Å²) in [5.74, 6) is -0.0688. The Kier molecular flexibility index (Phi) is 4.96. The Morgan fingerprint density at radius 2 is 1.83 bits per heavy atom. The fraction of sp³-hybridized carbons (Fsp3) is 0.143. The molecular weight excluding hydrogens is 452 g/mol. The highest BCUT2D eigenvalue weighted by Crippen LogP contribution is 2.35. The van der Waals surface area contributed by atoms with Crippen LogP contribution in [0.15, 0.2) is 78.0 Å². The summed E-state index contributed by atoms with van der Waals surface area (Å²) in [6.45, 7) is 5.63. The Labute approximate surface area is 206 Å². The van der Waals surface area contributed by atoms with Crippen LogP contribution in [0.4, 0.5) is 5.69 Å². The van der Waals surface area contributed by atoms with Gasteiger partial charge in [0.1, 0.15) is 0 Å². The van der Waals surface area contributed by atoms with E-state index in [0.717, 1.165) is 49.9 Å². The van der Waals surface area contributed by atoms with E-state index in [1.807, 2.05) is 51.1 Å². The molecule has 3 N–H and O–H groups in total. The molecular formula is C28H24N6O2. The molecule has 6 aromatic rings. The van der Waals surface area contributed by atoms with E-state index < -0.39 is 5.41 Å². The van der Waals surface area contributed by atoms with Gasteiger partial charge in [0, 0.05) is 50.8 Å². The quantitative estimate of drug-likeness (QED) is 0.272. The number of anilines is 1. The molecule has 0 aliphatic carbocycles. The first-order valence-corrected chi connectivity index (χ1v) is 11.6. The van der Waals surface area contributed by atoms with Gasteiger partial charge in [-0.25, -0.2) is 4.98 Å². The minimum Gasteiger partial charge on any atom is -0.472 e. The number of aromatic nitrogens is 5. The van der Waals surface area contributed by atoms with Crippen LogP contribution in [0, 0.1) is 5.41 Å². The van der Waals surface area contributed by atoms with E-state index in [-0.39, 0.29) is 5.91 Å². The van der Waals surface area contributed by atoms with Gasteiger partial charge in [0.15, 0.2) is 5.65 Å². The zero-order valence-electron chi connectivity index (χ0n) is 20.1. The average molecular weight is 477 g/mol. The summed E-state index contributed by atoms with van der Waals surface area (Å²) in [6, 6.07) is 14.2. The normalized spacial score (nSPS) is 11.9. The number of nitrogens with zero attached hydrogens (tertiary/aromatic N) is 3. The van der Waals surface area contributed by atoms with E-state index >= 15 is 0 Å². The van der Waals surface area contributed by atoms with Crippen LogP contribution in [0.5, 0.6) is 0 Å². The second-order valence-electron chi connectivity index (χ2n) is 9.82. The van der Waals surface area contributed by atoms with E-state index in [1.165, 1.54) is 0 Å². The lowest BCUT2D eigenvalue weighted by molar-refractivity contribution is -0.123. The van der Waals surface area contributed by atoms with E-state index in [4.69, 9.17) is 4.42 Å². The van der Waals surface area contributed by atoms with Crippen LogP contribution in [-0.2, 0) is 4.79 Å². The Bertz CT molecular complexity index is 1720. The van der Waals surface area contributed by atoms with Gasteiger partial charge in [0.2, 0.25) is 5.91 Å². The number of H-pyrrole nitrogens is 2. The number of fused-ring (bicyclic) bond motifs is 2. The predicted molar refractivity (Wildman–Crippen MR) is 140 cm³/mol. The number of rotatable bonds is 4. The zero-order valence-corrected chi connectivity index (χ0v) is 20.1. The largest absolute Gasteiger partial charge is 0.472 e. The number of carbonyl (C=O) groups excluding carboxylic acids is 1. The molecule has 0 radical (unpaired) electrons. The van der Waals surface area contributed by atoms with Gasteiger partial charge < -0.3 is 14.7 Å². The van der Waals surface area contributed by atoms with Gasteiger partial charge in [0.25, 0.3) is 0 Å². The fourth-order valence-corrected chi connectivity index (χ4v) is 4.21. The summed E-state index contributed by atoms with van der Waals surface area (Å²) in [7, 11) is 0. The van der Waals surface area contributed by atoms with Crippen LogP contribution in [0.25, 0.3) is 55.6 Å². The summed E-state index contributed by atoms with van der Waals surface area (Å²) in [5, 5.41) is 12.5. The van der Waals surface area contributed by atoms with E-state index in [0.29, 0.717) is 11.3 Å². The minimum atomic E-state index is -0.501. The Morgan fingerprint density at radius 1 is 0.972 bits per heavy atom. The SMILES string of the molecule is CC(C)(C)C(=O)Nc1cncc(-c2cnc3n[nH]c(-c4cc5c(-c6ccoc6)cccc5[nH]4)c3c2)c1. The molecule has 0 spiro atoms. The molecule has 0 aliphatic heterocycles. The lowest BCUT2D eigenvalue weighted by Crippen LogP contribution is -2.27. The molecule has 0 unspecified atom stereocenters. The third-order valence-corrected chi connectivity index (χ3v) is 6.19. The highest BCUT2D eigenvalue weighted by molar-refractivity contribution is 6.01. The van der Waals surface area contributed by atoms with Crippen LogP contribution in [0.2, 0.25) is 0 Å². The number of furan rings is 1. The van der Waals surface area contributed by atoms with Crippen molar-refractivity contribution >= 4 is 33.5 Å². The van der Waals surface area contributed by atoms with E-state index in [9.17, 15) is 4.79 Å². The molecule has 0 saturated carbocycles. The fourth-order valence-electron chi connectivity index (χ4n) is 4.21. The second-order valence-corrected chi connectivity index (χ2v) is 9.82. The molecule has 178 valence electrons. The number of hydrogen-bond acceptors (Lipinski definition) is 5. The number of hydrogen-bond donors (Lipinski definition) is 3. The molecule has 8 nitrogen and oxygen atoms in total. The van der Waals surface area contributed by atoms with Crippen molar-refractivity contribution in [3.8, 4) is 33.6 Å². The second kappa shape index (κ2) is 8.20. The van der Waals surface area contributed by atoms with E-state index in [1.54, 1.807) is 31.1 Å². The van der Waals surface area contributed by atoms with Crippen molar-refractivity contribution < 1.29 is 9.21 Å². The van der Waals surface area contributed by atoms with Gasteiger partial charge >= 0.3 is 0 Å². The Morgan fingerprint density at radius 3 is 2.64 bits per heavy atom. The van der Waals surface area contributed by atoms with Crippen LogP contribution in [0.1, 0.15) is 20.8 Å². The van der Waals surface area contributed by atoms with Crippen LogP contribution < -0.4 is 5.32 Å². The molecule has 6 rings (SSSR count). The molecule has 36 heavy (non-hydrogen) atoms. The van der Waals surface area contributed by atoms with Crippen molar-refractivity contribution in [3.63, 3.8) is 0 Å². The molecule has 0 fully saturated rings. The summed E-state index contributed by atoms with van der Waals surface area (Å²) in [6.07, 6.45) is 8.59. The topological polar surface area (TPSA) is 112 Å². The molecule has 1 amide bonds. The van der Waals surface area contributed by atoms with Crippen molar-refractivity contribution in [2.75, 3.05) is 5.32 Å². The molecule has 0 bridgehead atoms. The monoisotopic (exact) mass is 476 g/mol. The van der Waals surface area contributed by atoms with Gasteiger partial charge in [-0.15, -0.1) is 0 Å². The summed E-state index contributed by atoms with van der Waals surface area (Å²) < 4.78 is 5.29. The molecule has 8 heteroatoms. The first-order valence-electron chi connectivity index (χ1n) is 11.6. The maximum absolute atomic E-state index is 12.4. The molecule has 5 heterocycles. The molecule has 1 aromatic carbocycles. The van der Waals surface area contributed by atoms with Gasteiger partial charge in [0.05, 0.1) is 35.8 Å². The molecule has 5 aromatic heterocycles. The van der Waals surface area contributed by atoms with Gasteiger partial charge in [-0.2, -0.15) is 5.10 Å². The number of nitrogens with one attached hydrogen (secondary N) is 3. The van der Waals surface area contributed by atoms with E-state index in [2.05, 4.69) is 42.6 Å². The van der Waals surface area contributed by atoms with Crippen molar-refractivity contribution in [1.29, 1.82) is 0 Å². The van der Waals surface area contributed by atoms with Crippen molar-refractivity contribution in [2.24, 2.45) is 5.41 Å². The predicted octanol–water partition coefficient (Wildman–Crippen LogP) is 6.41. The third kappa shape index (κ3) is 3.82. The maximum atomic E-state index is 12.4. The third-order valence-electron chi connectivity index (χ3n) is 6.19. The lowest BCUT2D eigenvalue weighted by Gasteiger charge is -2.17. The summed E-state index contributed by atoms with van der Waals surface area (Å²) >= 11 is 0. The zero-order chi connectivity index (χ0) is 24.9. The van der Waals surface area contributed by atoms with Crippen molar-refractivity contribution in [1.82, 2.24) is 25.1 Å². The Hall–Kier alpha value is -4.72. The number of benzene rings is 1. The van der Waals surface area contributed by atoms with Crippen LogP contribution in [-0.4, -0.2) is 31.1 Å². The first kappa shape index (κ1) is 21.8. The molecule has 0 saturated heterocycles. The smallest absolute Gasteiger partial charge is 0.229 e. The summed E-state index contributed by atoms with van der Waals surface area (Å²) in [5.41, 5.74) is 7.37. The highest BCUT2D eigenvalue weighted by Gasteiger charge is 2.21. The van der Waals surface area contributed by atoms with Gasteiger partial charge in [-0.05, 0) is 35.9 Å². The maximum Gasteiger partial charge on any atom is 0.229 e. The van der Waals surface area contributed by atoms with Crippen LogP contribution in [0.3, 0.4) is 0 Å². The highest BCUT2D eigenvalue weighted by atomic mass is 16.3. The number of amides is 1. The first-order chi connectivity index (χ1) is 17.4. The summed E-state index contributed by atoms with van der Waals surface area (Å²) in [4.78, 5) is 24.8. The average Bonchev–Trinajstić information content (AvgIpc) is 3.62. The number of aromatic amines is 2. The number of carbonyl (C=O) groups is 1. The standard InChI is InChI=1S/C28H24N6O2/c1-28(2,3)27(35)31-19-9-17(12-29-14-19)18-10-22-25(33-34-26(22)30-13-18)24-11-21-20(16-7-8-36-15-16)5-4-6-23(21)32-24/h4-15,32H,1-3H3,(H,31,35)(H,30,33,34). The lowest BCUT2D eigenvalue weighted by atomic mass is 9.95. The Balaban J connectivity index is 1.40. The molecule has 0 aliphatic rings. The number of pyridine rings is 2. The minimum absolute atomic E-state index is 0.0688.